The fraction of sp³-hybridized carbons (Fsp3) is 1.00. The van der Waals surface area contributed by atoms with Crippen LogP contribution in [-0.2, 0) is 4.74 Å². The quantitative estimate of drug-likeness (QED) is 0.723. The molecule has 0 aromatic carbocycles. The molecule has 1 aliphatic heterocycles. The summed E-state index contributed by atoms with van der Waals surface area (Å²) < 4.78 is 6.29. The van der Waals surface area contributed by atoms with E-state index in [0.29, 0.717) is 23.4 Å². The summed E-state index contributed by atoms with van der Waals surface area (Å²) in [6.45, 7) is 3.30. The number of hydrogen-bond donors (Lipinski definition) is 2. The van der Waals surface area contributed by atoms with Crippen molar-refractivity contribution in [1.82, 2.24) is 0 Å². The molecule has 3 unspecified atom stereocenters. The summed E-state index contributed by atoms with van der Waals surface area (Å²) in [5.74, 6) is 2.85. The molecule has 3 nitrogen and oxygen atoms in total. The van der Waals surface area contributed by atoms with Crippen LogP contribution in [0.2, 0.25) is 0 Å². The van der Waals surface area contributed by atoms with Crippen LogP contribution < -0.4 is 0 Å². The number of fused-ring (bicyclic) bond motifs is 3. The predicted molar refractivity (Wildman–Crippen MR) is 83.2 cm³/mol. The Kier molecular flexibility index (Phi) is 2.91. The third kappa shape index (κ3) is 1.58. The lowest BCUT2D eigenvalue weighted by Crippen LogP contribution is -2.56. The van der Waals surface area contributed by atoms with Gasteiger partial charge in [-0.2, -0.15) is 0 Å². The summed E-state index contributed by atoms with van der Waals surface area (Å²) in [5, 5.41) is 20.7. The second kappa shape index (κ2) is 4.49. The molecule has 22 heavy (non-hydrogen) atoms. The Labute approximate surface area is 133 Å². The monoisotopic (exact) mass is 306 g/mol. The summed E-state index contributed by atoms with van der Waals surface area (Å²) >= 11 is 0. The zero-order valence-corrected chi connectivity index (χ0v) is 13.7. The number of aliphatic hydroxyl groups excluding tert-OH is 2. The van der Waals surface area contributed by atoms with Crippen molar-refractivity contribution < 1.29 is 14.9 Å². The highest BCUT2D eigenvalue weighted by Crippen LogP contribution is 2.68. The topological polar surface area (TPSA) is 49.7 Å². The molecule has 124 valence electrons. The summed E-state index contributed by atoms with van der Waals surface area (Å²) in [4.78, 5) is 0. The third-order valence-electron chi connectivity index (χ3n) is 8.85. The molecule has 0 aromatic rings. The molecule has 5 fully saturated rings. The number of hydrogen-bond acceptors (Lipinski definition) is 3. The Balaban J connectivity index is 1.51. The molecular weight excluding hydrogens is 276 g/mol. The normalized spacial score (nSPS) is 63.1. The number of ether oxygens (including phenoxy) is 1. The minimum Gasteiger partial charge on any atom is -0.393 e. The molecule has 1 heterocycles. The van der Waals surface area contributed by atoms with Gasteiger partial charge in [-0.1, -0.05) is 6.92 Å². The average molecular weight is 306 g/mol. The lowest BCUT2D eigenvalue weighted by atomic mass is 9.45. The smallest absolute Gasteiger partial charge is 0.0613 e. The molecule has 3 heteroatoms. The minimum absolute atomic E-state index is 0.0829. The van der Waals surface area contributed by atoms with Crippen molar-refractivity contribution in [3.05, 3.63) is 0 Å². The van der Waals surface area contributed by atoms with Crippen molar-refractivity contribution in [2.45, 2.75) is 76.6 Å². The number of rotatable bonds is 0. The second-order valence-electron chi connectivity index (χ2n) is 9.37. The zero-order valence-electron chi connectivity index (χ0n) is 13.7. The maximum atomic E-state index is 10.5. The summed E-state index contributed by atoms with van der Waals surface area (Å²) in [6, 6.07) is 0. The minimum atomic E-state index is -0.0963. The van der Waals surface area contributed by atoms with Gasteiger partial charge in [0.15, 0.2) is 0 Å². The van der Waals surface area contributed by atoms with Crippen molar-refractivity contribution in [3.8, 4) is 0 Å². The summed E-state index contributed by atoms with van der Waals surface area (Å²) in [5.41, 5.74) is 0.528. The first-order valence-corrected chi connectivity index (χ1v) is 9.52. The van der Waals surface area contributed by atoms with Crippen molar-refractivity contribution in [2.24, 2.45) is 34.5 Å². The molecule has 4 aliphatic carbocycles. The van der Waals surface area contributed by atoms with E-state index in [1.165, 1.54) is 32.1 Å². The van der Waals surface area contributed by atoms with E-state index in [-0.39, 0.29) is 17.6 Å². The van der Waals surface area contributed by atoms with Gasteiger partial charge in [0.05, 0.1) is 24.9 Å². The maximum absolute atomic E-state index is 10.5. The van der Waals surface area contributed by atoms with Gasteiger partial charge in [-0.05, 0) is 80.5 Å². The van der Waals surface area contributed by atoms with Crippen molar-refractivity contribution in [1.29, 1.82) is 0 Å². The van der Waals surface area contributed by atoms with Crippen LogP contribution in [0.5, 0.6) is 0 Å². The molecule has 0 amide bonds. The molecule has 9 atom stereocenters. The Morgan fingerprint density at radius 1 is 0.909 bits per heavy atom. The molecule has 0 radical (unpaired) electrons. The largest absolute Gasteiger partial charge is 0.393 e. The number of aliphatic hydroxyl groups is 2. The van der Waals surface area contributed by atoms with Crippen LogP contribution in [0.4, 0.5) is 0 Å². The van der Waals surface area contributed by atoms with Gasteiger partial charge in [0, 0.05) is 5.41 Å². The van der Waals surface area contributed by atoms with Crippen molar-refractivity contribution in [3.63, 3.8) is 0 Å². The molecule has 1 saturated heterocycles. The highest BCUT2D eigenvalue weighted by Gasteiger charge is 2.66. The van der Waals surface area contributed by atoms with E-state index in [4.69, 9.17) is 4.74 Å². The summed E-state index contributed by atoms with van der Waals surface area (Å²) in [7, 11) is 0. The van der Waals surface area contributed by atoms with E-state index < -0.39 is 0 Å². The first-order valence-electron chi connectivity index (χ1n) is 9.52. The van der Waals surface area contributed by atoms with Gasteiger partial charge in [0.25, 0.3) is 0 Å². The SMILES string of the molecule is C[C@]12CC[C@H]3[C@@H](C[C@H]4OC[C@@]35CCC(O)CC45)[C@@H]1CCC2O. The average Bonchev–Trinajstić information content (AvgIpc) is 2.94. The molecule has 2 N–H and O–H groups in total. The van der Waals surface area contributed by atoms with E-state index in [1.807, 2.05) is 0 Å². The van der Waals surface area contributed by atoms with Crippen LogP contribution in [0.25, 0.3) is 0 Å². The van der Waals surface area contributed by atoms with Gasteiger partial charge in [-0.3, -0.25) is 0 Å². The first kappa shape index (κ1) is 14.2. The van der Waals surface area contributed by atoms with Crippen LogP contribution in [0.1, 0.15) is 58.3 Å². The molecule has 2 bridgehead atoms. The maximum Gasteiger partial charge on any atom is 0.0613 e. The highest BCUT2D eigenvalue weighted by atomic mass is 16.5. The Morgan fingerprint density at radius 3 is 2.64 bits per heavy atom. The van der Waals surface area contributed by atoms with E-state index in [0.717, 1.165) is 37.7 Å². The molecule has 0 spiro atoms. The van der Waals surface area contributed by atoms with Crippen LogP contribution in [-0.4, -0.2) is 35.1 Å². The summed E-state index contributed by atoms with van der Waals surface area (Å²) in [6.07, 6.45) is 9.20. The lowest BCUT2D eigenvalue weighted by molar-refractivity contribution is -0.125. The van der Waals surface area contributed by atoms with Gasteiger partial charge < -0.3 is 14.9 Å². The zero-order chi connectivity index (χ0) is 15.1. The molecule has 4 saturated carbocycles. The Hall–Kier alpha value is -0.120. The van der Waals surface area contributed by atoms with Crippen LogP contribution >= 0.6 is 0 Å². The van der Waals surface area contributed by atoms with Crippen molar-refractivity contribution in [2.75, 3.05) is 6.61 Å². The van der Waals surface area contributed by atoms with Crippen LogP contribution in [0.15, 0.2) is 0 Å². The molecule has 5 aliphatic rings. The predicted octanol–water partition coefficient (Wildman–Crippen LogP) is 2.74. The second-order valence-corrected chi connectivity index (χ2v) is 9.37. The first-order chi connectivity index (χ1) is 10.5. The third-order valence-corrected chi connectivity index (χ3v) is 8.85. The lowest BCUT2D eigenvalue weighted by Gasteiger charge is -2.59. The highest BCUT2D eigenvalue weighted by molar-refractivity contribution is 5.14. The fourth-order valence-corrected chi connectivity index (χ4v) is 7.72. The Bertz CT molecular complexity index is 479. The standard InChI is InChI=1S/C19H30O3/c1-18-6-5-14-12(13(18)2-3-17(18)21)9-16-15-8-11(20)4-7-19(14,15)10-22-16/h11-17,20-21H,2-10H2,1H3/t11?,12-,13-,14-,15?,16+,17?,18-,19-/m0/s1. The van der Waals surface area contributed by atoms with E-state index in [2.05, 4.69) is 6.92 Å². The molecule has 5 rings (SSSR count). The van der Waals surface area contributed by atoms with Crippen LogP contribution in [0.3, 0.4) is 0 Å². The Morgan fingerprint density at radius 2 is 1.77 bits per heavy atom. The fourth-order valence-electron chi connectivity index (χ4n) is 7.72. The molecule has 0 aromatic heterocycles. The van der Waals surface area contributed by atoms with Gasteiger partial charge in [-0.25, -0.2) is 0 Å². The van der Waals surface area contributed by atoms with Crippen LogP contribution in [0, 0.1) is 34.5 Å². The van der Waals surface area contributed by atoms with E-state index in [1.54, 1.807) is 0 Å². The van der Waals surface area contributed by atoms with Gasteiger partial charge in [-0.15, -0.1) is 0 Å². The van der Waals surface area contributed by atoms with Gasteiger partial charge in [0.1, 0.15) is 0 Å². The van der Waals surface area contributed by atoms with E-state index in [9.17, 15) is 10.2 Å². The molecular formula is C19H30O3. The van der Waals surface area contributed by atoms with E-state index >= 15 is 0 Å². The van der Waals surface area contributed by atoms with Crippen molar-refractivity contribution >= 4 is 0 Å². The van der Waals surface area contributed by atoms with Gasteiger partial charge >= 0.3 is 0 Å². The van der Waals surface area contributed by atoms with Gasteiger partial charge in [0.2, 0.25) is 0 Å².